The van der Waals surface area contributed by atoms with E-state index < -0.39 is 21.8 Å². The number of benzene rings is 1. The Morgan fingerprint density at radius 1 is 1.08 bits per heavy atom. The van der Waals surface area contributed by atoms with Crippen molar-refractivity contribution in [1.82, 2.24) is 15.6 Å². The molecule has 1 aromatic heterocycles. The van der Waals surface area contributed by atoms with Gasteiger partial charge in [0.2, 0.25) is 0 Å². The van der Waals surface area contributed by atoms with Gasteiger partial charge in [-0.1, -0.05) is 19.1 Å². The predicted molar refractivity (Wildman–Crippen MR) is 84.8 cm³/mol. The maximum atomic E-state index is 12.0. The number of aryl methyl sites for hydroxylation is 1. The van der Waals surface area contributed by atoms with Gasteiger partial charge in [-0.05, 0) is 36.2 Å². The molecule has 3 N–H and O–H groups in total. The summed E-state index contributed by atoms with van der Waals surface area (Å²) in [5.74, 6) is -1.65. The van der Waals surface area contributed by atoms with Crippen LogP contribution in [0.4, 0.5) is 0 Å². The van der Waals surface area contributed by atoms with Gasteiger partial charge in [0.15, 0.2) is 0 Å². The molecular weight excluding hydrogens is 334 g/mol. The Kier molecular flexibility index (Phi) is 5.72. The summed E-state index contributed by atoms with van der Waals surface area (Å²) >= 11 is 0. The van der Waals surface area contributed by atoms with Gasteiger partial charge in [-0.2, -0.15) is 0 Å². The number of hydrazine groups is 1. The first-order chi connectivity index (χ1) is 11.4. The van der Waals surface area contributed by atoms with E-state index in [1.807, 2.05) is 17.2 Å². The highest BCUT2D eigenvalue weighted by molar-refractivity contribution is 7.89. The fourth-order valence-corrected chi connectivity index (χ4v) is 2.63. The number of rotatable bonds is 6. The molecule has 24 heavy (non-hydrogen) atoms. The standard InChI is InChI=1S/C15H17N3O5S/c1-2-11-5-7-13(8-6-11)24(21,22)18-17-15(20)14(19)16-10-12-4-3-9-23-12/h3-9,18H,2,10H2,1H3,(H,16,19)(H,17,20). The first-order valence-corrected chi connectivity index (χ1v) is 8.62. The molecular formula is C15H17N3O5S. The van der Waals surface area contributed by atoms with Crippen LogP contribution in [-0.2, 0) is 32.6 Å². The second-order valence-corrected chi connectivity index (χ2v) is 6.50. The van der Waals surface area contributed by atoms with Crippen LogP contribution in [0.5, 0.6) is 0 Å². The summed E-state index contributed by atoms with van der Waals surface area (Å²) in [5, 5.41) is 2.30. The third-order valence-corrected chi connectivity index (χ3v) is 4.41. The highest BCUT2D eigenvalue weighted by Gasteiger charge is 2.18. The van der Waals surface area contributed by atoms with Crippen molar-refractivity contribution in [2.24, 2.45) is 0 Å². The molecule has 0 aliphatic carbocycles. The molecule has 1 aromatic carbocycles. The summed E-state index contributed by atoms with van der Waals surface area (Å²) in [6, 6.07) is 9.45. The van der Waals surface area contributed by atoms with E-state index in [0.29, 0.717) is 5.76 Å². The second-order valence-electron chi connectivity index (χ2n) is 4.82. The normalized spacial score (nSPS) is 11.0. The zero-order valence-electron chi connectivity index (χ0n) is 12.9. The number of furan rings is 1. The van der Waals surface area contributed by atoms with Gasteiger partial charge in [0.05, 0.1) is 17.7 Å². The van der Waals surface area contributed by atoms with Crippen molar-refractivity contribution >= 4 is 21.8 Å². The lowest BCUT2D eigenvalue weighted by atomic mass is 10.2. The summed E-state index contributed by atoms with van der Waals surface area (Å²) in [7, 11) is -3.95. The van der Waals surface area contributed by atoms with E-state index in [0.717, 1.165) is 12.0 Å². The Hall–Kier alpha value is -2.65. The Labute approximate surface area is 139 Å². The number of amides is 2. The van der Waals surface area contributed by atoms with Crippen LogP contribution in [0.15, 0.2) is 52.0 Å². The number of sulfonamides is 1. The minimum Gasteiger partial charge on any atom is -0.467 e. The van der Waals surface area contributed by atoms with Crippen LogP contribution in [0.1, 0.15) is 18.2 Å². The van der Waals surface area contributed by atoms with Crippen LogP contribution in [0.25, 0.3) is 0 Å². The largest absolute Gasteiger partial charge is 0.467 e. The van der Waals surface area contributed by atoms with E-state index in [-0.39, 0.29) is 11.4 Å². The van der Waals surface area contributed by atoms with Crippen molar-refractivity contribution in [3.63, 3.8) is 0 Å². The fourth-order valence-electron chi connectivity index (χ4n) is 1.79. The van der Waals surface area contributed by atoms with Gasteiger partial charge in [0, 0.05) is 0 Å². The predicted octanol–water partition coefficient (Wildman–Crippen LogP) is 0.468. The Morgan fingerprint density at radius 3 is 2.38 bits per heavy atom. The molecule has 1 heterocycles. The molecule has 0 radical (unpaired) electrons. The van der Waals surface area contributed by atoms with Gasteiger partial charge in [-0.3, -0.25) is 15.0 Å². The summed E-state index contributed by atoms with van der Waals surface area (Å²) in [4.78, 5) is 25.0. The van der Waals surface area contributed by atoms with Crippen LogP contribution < -0.4 is 15.6 Å². The van der Waals surface area contributed by atoms with E-state index in [1.54, 1.807) is 24.3 Å². The maximum Gasteiger partial charge on any atom is 0.324 e. The topological polar surface area (TPSA) is 118 Å². The SMILES string of the molecule is CCc1ccc(S(=O)(=O)NNC(=O)C(=O)NCc2ccco2)cc1. The highest BCUT2D eigenvalue weighted by Crippen LogP contribution is 2.10. The number of hydrogen-bond donors (Lipinski definition) is 3. The van der Waals surface area contributed by atoms with Crippen molar-refractivity contribution in [2.75, 3.05) is 0 Å². The summed E-state index contributed by atoms with van der Waals surface area (Å²) in [6.07, 6.45) is 2.21. The zero-order chi connectivity index (χ0) is 17.6. The Morgan fingerprint density at radius 2 is 1.79 bits per heavy atom. The van der Waals surface area contributed by atoms with E-state index in [4.69, 9.17) is 4.42 Å². The molecule has 0 aliphatic rings. The lowest BCUT2D eigenvalue weighted by molar-refractivity contribution is -0.139. The van der Waals surface area contributed by atoms with Gasteiger partial charge in [-0.25, -0.2) is 8.42 Å². The van der Waals surface area contributed by atoms with Crippen LogP contribution in [-0.4, -0.2) is 20.2 Å². The molecule has 128 valence electrons. The molecule has 0 aliphatic heterocycles. The highest BCUT2D eigenvalue weighted by atomic mass is 32.2. The smallest absolute Gasteiger partial charge is 0.324 e. The summed E-state index contributed by atoms with van der Waals surface area (Å²) < 4.78 is 29.1. The molecule has 2 amide bonds. The van der Waals surface area contributed by atoms with Crippen LogP contribution in [0.2, 0.25) is 0 Å². The van der Waals surface area contributed by atoms with Gasteiger partial charge in [0.25, 0.3) is 10.0 Å². The molecule has 9 heteroatoms. The van der Waals surface area contributed by atoms with Gasteiger partial charge < -0.3 is 9.73 Å². The monoisotopic (exact) mass is 351 g/mol. The van der Waals surface area contributed by atoms with Crippen molar-refractivity contribution in [3.05, 3.63) is 54.0 Å². The molecule has 0 atom stereocenters. The zero-order valence-corrected chi connectivity index (χ0v) is 13.7. The molecule has 0 unspecified atom stereocenters. The van der Waals surface area contributed by atoms with E-state index in [2.05, 4.69) is 5.32 Å². The third-order valence-electron chi connectivity index (χ3n) is 3.15. The lowest BCUT2D eigenvalue weighted by Gasteiger charge is -2.09. The molecule has 8 nitrogen and oxygen atoms in total. The maximum absolute atomic E-state index is 12.0. The molecule has 2 rings (SSSR count). The Bertz CT molecular complexity index is 798. The lowest BCUT2D eigenvalue weighted by Crippen LogP contribution is -2.48. The van der Waals surface area contributed by atoms with Crippen molar-refractivity contribution in [3.8, 4) is 0 Å². The van der Waals surface area contributed by atoms with Crippen molar-refractivity contribution in [2.45, 2.75) is 24.8 Å². The van der Waals surface area contributed by atoms with Gasteiger partial charge in [0.1, 0.15) is 5.76 Å². The quantitative estimate of drug-likeness (QED) is 0.516. The van der Waals surface area contributed by atoms with Gasteiger partial charge in [-0.15, -0.1) is 4.83 Å². The van der Waals surface area contributed by atoms with E-state index >= 15 is 0 Å². The minimum atomic E-state index is -3.95. The van der Waals surface area contributed by atoms with E-state index in [1.165, 1.54) is 18.4 Å². The average molecular weight is 351 g/mol. The first-order valence-electron chi connectivity index (χ1n) is 7.13. The number of carbonyl (C=O) groups excluding carboxylic acids is 2. The number of nitrogens with one attached hydrogen (secondary N) is 3. The third kappa shape index (κ3) is 4.67. The molecule has 2 aromatic rings. The Balaban J connectivity index is 1.88. The molecule has 0 fully saturated rings. The first kappa shape index (κ1) is 17.7. The molecule has 0 saturated carbocycles. The van der Waals surface area contributed by atoms with Crippen LogP contribution in [0, 0.1) is 0 Å². The minimum absolute atomic E-state index is 0.0176. The van der Waals surface area contributed by atoms with Crippen LogP contribution >= 0.6 is 0 Å². The van der Waals surface area contributed by atoms with Crippen molar-refractivity contribution < 1.29 is 22.4 Å². The number of hydrogen-bond acceptors (Lipinski definition) is 5. The fraction of sp³-hybridized carbons (Fsp3) is 0.200. The van der Waals surface area contributed by atoms with E-state index in [9.17, 15) is 18.0 Å². The average Bonchev–Trinajstić information content (AvgIpc) is 3.11. The summed E-state index contributed by atoms with van der Waals surface area (Å²) in [5.41, 5.74) is 2.84. The van der Waals surface area contributed by atoms with Crippen molar-refractivity contribution in [1.29, 1.82) is 0 Å². The number of carbonyl (C=O) groups is 2. The molecule has 0 bridgehead atoms. The van der Waals surface area contributed by atoms with Crippen LogP contribution in [0.3, 0.4) is 0 Å². The van der Waals surface area contributed by atoms with Gasteiger partial charge >= 0.3 is 11.8 Å². The molecule has 0 spiro atoms. The second kappa shape index (κ2) is 7.75. The molecule has 0 saturated heterocycles. The summed E-state index contributed by atoms with van der Waals surface area (Å²) in [6.45, 7) is 1.97.